The number of benzene rings is 8. The lowest BCUT2D eigenvalue weighted by Gasteiger charge is -2.21. The van der Waals surface area contributed by atoms with Gasteiger partial charge in [0.25, 0.3) is 0 Å². The van der Waals surface area contributed by atoms with Crippen molar-refractivity contribution in [3.63, 3.8) is 0 Å². The van der Waals surface area contributed by atoms with Gasteiger partial charge in [0, 0.05) is 38.0 Å². The summed E-state index contributed by atoms with van der Waals surface area (Å²) in [4.78, 5) is 22.1. The first-order chi connectivity index (χ1) is 31.3. The molecule has 0 aliphatic carbocycles. The van der Waals surface area contributed by atoms with E-state index in [9.17, 15) is 9.90 Å². The Hall–Kier alpha value is -7.83. The fraction of sp³-hybridized carbons (Fsp3) is 0.121. The molecule has 8 aromatic rings. The molecule has 0 aromatic heterocycles. The standard InChI is InChI=1S/C58H50N4O2/c1-40(63)34-49(64)33-28-41-14-4-5-15-50(41)44-35-45(53-18-8-6-16-51(53)42-24-29-47(30-25-42)61-38-59(2)55-20-10-12-22-57(55)61)37-46(36-44)54-19-9-7-17-52(54)43-26-31-48(32-27-43)62-39-60(3)56-21-11-13-23-58(56)62/h4-27,29-32,34-37,63H,28,33,38-39H2,1-3H3/b40-34-. The maximum atomic E-state index is 12.8. The Bertz CT molecular complexity index is 2880. The van der Waals surface area contributed by atoms with E-state index in [2.05, 4.69) is 216 Å². The van der Waals surface area contributed by atoms with E-state index in [0.717, 1.165) is 85.9 Å². The summed E-state index contributed by atoms with van der Waals surface area (Å²) in [6, 6.07) is 67.7. The highest BCUT2D eigenvalue weighted by Gasteiger charge is 2.25. The van der Waals surface area contributed by atoms with Gasteiger partial charge in [0.15, 0.2) is 5.78 Å². The van der Waals surface area contributed by atoms with E-state index in [1.165, 1.54) is 35.7 Å². The molecule has 0 saturated carbocycles. The molecule has 0 atom stereocenters. The van der Waals surface area contributed by atoms with Crippen molar-refractivity contribution in [3.05, 3.63) is 205 Å². The lowest BCUT2D eigenvalue weighted by Crippen LogP contribution is -2.23. The van der Waals surface area contributed by atoms with Crippen LogP contribution in [0.15, 0.2) is 200 Å². The zero-order valence-corrected chi connectivity index (χ0v) is 36.4. The van der Waals surface area contributed by atoms with E-state index < -0.39 is 0 Å². The van der Waals surface area contributed by atoms with E-state index in [1.54, 1.807) is 0 Å². The maximum absolute atomic E-state index is 12.8. The zero-order chi connectivity index (χ0) is 43.7. The molecule has 8 aromatic carbocycles. The Labute approximate surface area is 376 Å². The number of carbonyl (C=O) groups excluding carboxylic acids is 1. The van der Waals surface area contributed by atoms with Gasteiger partial charge in [0.2, 0.25) is 0 Å². The number of aryl methyl sites for hydroxylation is 1. The molecule has 6 nitrogen and oxygen atoms in total. The predicted octanol–water partition coefficient (Wildman–Crippen LogP) is 14.1. The van der Waals surface area contributed by atoms with Crippen LogP contribution in [0.2, 0.25) is 0 Å². The third-order valence-electron chi connectivity index (χ3n) is 12.6. The summed E-state index contributed by atoms with van der Waals surface area (Å²) in [5.41, 5.74) is 19.5. The molecule has 0 fully saturated rings. The molecule has 64 heavy (non-hydrogen) atoms. The molecule has 0 radical (unpaired) electrons. The topological polar surface area (TPSA) is 50.3 Å². The summed E-state index contributed by atoms with van der Waals surface area (Å²) in [6.45, 7) is 3.14. The predicted molar refractivity (Wildman–Crippen MR) is 267 cm³/mol. The number of ketones is 1. The number of allylic oxidation sites excluding steroid dienone is 2. The van der Waals surface area contributed by atoms with Crippen LogP contribution >= 0.6 is 0 Å². The minimum Gasteiger partial charge on any atom is -0.512 e. The summed E-state index contributed by atoms with van der Waals surface area (Å²) < 4.78 is 0. The van der Waals surface area contributed by atoms with E-state index in [4.69, 9.17) is 0 Å². The lowest BCUT2D eigenvalue weighted by molar-refractivity contribution is -0.114. The highest BCUT2D eigenvalue weighted by molar-refractivity contribution is 5.94. The Morgan fingerprint density at radius 2 is 0.828 bits per heavy atom. The normalized spacial score (nSPS) is 13.3. The van der Waals surface area contributed by atoms with Crippen LogP contribution in [0, 0.1) is 0 Å². The summed E-state index contributed by atoms with van der Waals surface area (Å²) >= 11 is 0. The number of hydrogen-bond donors (Lipinski definition) is 1. The molecule has 0 saturated heterocycles. The minimum absolute atomic E-state index is 0.0280. The van der Waals surface area contributed by atoms with Gasteiger partial charge in [-0.3, -0.25) is 4.79 Å². The average molecular weight is 835 g/mol. The molecule has 10 rings (SSSR count). The van der Waals surface area contributed by atoms with Crippen LogP contribution in [0.1, 0.15) is 18.9 Å². The van der Waals surface area contributed by atoms with Crippen molar-refractivity contribution in [2.75, 3.05) is 47.0 Å². The lowest BCUT2D eigenvalue weighted by atomic mass is 9.86. The van der Waals surface area contributed by atoms with Gasteiger partial charge >= 0.3 is 0 Å². The van der Waals surface area contributed by atoms with Gasteiger partial charge in [-0.15, -0.1) is 0 Å². The number of hydrogen-bond acceptors (Lipinski definition) is 6. The fourth-order valence-corrected chi connectivity index (χ4v) is 9.49. The highest BCUT2D eigenvalue weighted by atomic mass is 16.3. The summed E-state index contributed by atoms with van der Waals surface area (Å²) in [5.74, 6) is -0.0637. The van der Waals surface area contributed by atoms with E-state index in [0.29, 0.717) is 12.8 Å². The van der Waals surface area contributed by atoms with Gasteiger partial charge in [0.05, 0.1) is 41.8 Å². The summed E-state index contributed by atoms with van der Waals surface area (Å²) in [6.07, 6.45) is 2.18. The van der Waals surface area contributed by atoms with Gasteiger partial charge in [0.1, 0.15) is 0 Å². The van der Waals surface area contributed by atoms with Gasteiger partial charge in [-0.25, -0.2) is 0 Å². The van der Waals surface area contributed by atoms with Crippen LogP contribution < -0.4 is 19.6 Å². The molecular weight excluding hydrogens is 785 g/mol. The third kappa shape index (κ3) is 7.79. The molecule has 0 bridgehead atoms. The minimum atomic E-state index is -0.0916. The van der Waals surface area contributed by atoms with Crippen molar-refractivity contribution in [3.8, 4) is 55.6 Å². The first kappa shape index (κ1) is 40.3. The Morgan fingerprint density at radius 3 is 1.27 bits per heavy atom. The van der Waals surface area contributed by atoms with Crippen molar-refractivity contribution in [1.29, 1.82) is 0 Å². The van der Waals surface area contributed by atoms with E-state index in [1.807, 2.05) is 6.07 Å². The molecule has 2 aliphatic rings. The molecular formula is C58H50N4O2. The smallest absolute Gasteiger partial charge is 0.159 e. The number of nitrogens with zero attached hydrogens (tertiary/aromatic N) is 4. The molecule has 2 heterocycles. The van der Waals surface area contributed by atoms with Gasteiger partial charge in [-0.1, -0.05) is 121 Å². The second kappa shape index (κ2) is 17.1. The number of carbonyl (C=O) groups is 1. The van der Waals surface area contributed by atoms with Crippen molar-refractivity contribution < 1.29 is 9.90 Å². The monoisotopic (exact) mass is 834 g/mol. The molecule has 1 N–H and O–H groups in total. The molecule has 314 valence electrons. The molecule has 0 spiro atoms. The number of fused-ring (bicyclic) bond motifs is 2. The van der Waals surface area contributed by atoms with Crippen LogP contribution in [-0.2, 0) is 11.2 Å². The highest BCUT2D eigenvalue weighted by Crippen LogP contribution is 2.44. The van der Waals surface area contributed by atoms with Crippen molar-refractivity contribution >= 4 is 39.9 Å². The van der Waals surface area contributed by atoms with Crippen LogP contribution in [0.3, 0.4) is 0 Å². The van der Waals surface area contributed by atoms with Crippen molar-refractivity contribution in [2.24, 2.45) is 0 Å². The number of rotatable bonds is 11. The first-order valence-electron chi connectivity index (χ1n) is 22.0. The number of aliphatic hydroxyl groups excluding tert-OH is 1. The Morgan fingerprint density at radius 1 is 0.469 bits per heavy atom. The largest absolute Gasteiger partial charge is 0.512 e. The van der Waals surface area contributed by atoms with Gasteiger partial charge in [-0.2, -0.15) is 0 Å². The quantitative estimate of drug-likeness (QED) is 0.103. The molecule has 6 heteroatoms. The Kier molecular flexibility index (Phi) is 10.8. The van der Waals surface area contributed by atoms with Gasteiger partial charge in [-0.05, 0) is 141 Å². The van der Waals surface area contributed by atoms with Crippen LogP contribution in [-0.4, -0.2) is 38.3 Å². The fourth-order valence-electron chi connectivity index (χ4n) is 9.49. The summed E-state index contributed by atoms with van der Waals surface area (Å²) in [5, 5.41) is 9.79. The van der Waals surface area contributed by atoms with Crippen LogP contribution in [0.25, 0.3) is 55.6 Å². The van der Waals surface area contributed by atoms with E-state index >= 15 is 0 Å². The maximum Gasteiger partial charge on any atom is 0.159 e. The van der Waals surface area contributed by atoms with E-state index in [-0.39, 0.29) is 11.5 Å². The molecule has 0 amide bonds. The van der Waals surface area contributed by atoms with Crippen LogP contribution in [0.4, 0.5) is 34.1 Å². The number of aliphatic hydroxyl groups is 1. The zero-order valence-electron chi connectivity index (χ0n) is 36.4. The molecule has 0 unspecified atom stereocenters. The van der Waals surface area contributed by atoms with Crippen molar-refractivity contribution in [1.82, 2.24) is 0 Å². The second-order valence-corrected chi connectivity index (χ2v) is 16.9. The molecule has 2 aliphatic heterocycles. The first-order valence-corrected chi connectivity index (χ1v) is 22.0. The second-order valence-electron chi connectivity index (χ2n) is 16.9. The third-order valence-corrected chi connectivity index (χ3v) is 12.6. The Balaban J connectivity index is 1.06. The number of para-hydroxylation sites is 4. The van der Waals surface area contributed by atoms with Gasteiger partial charge < -0.3 is 24.7 Å². The van der Waals surface area contributed by atoms with Crippen molar-refractivity contribution in [2.45, 2.75) is 19.8 Å². The van der Waals surface area contributed by atoms with Crippen LogP contribution in [0.5, 0.6) is 0 Å². The number of anilines is 6. The summed E-state index contributed by atoms with van der Waals surface area (Å²) in [7, 11) is 4.28. The SMILES string of the molecule is C/C(O)=C/C(=O)CCc1ccccc1-c1cc(-c2ccccc2-c2ccc(N3CN(C)c4ccccc43)cc2)cc(-c2ccccc2-c2ccc(N3CN(C)c4ccccc43)cc2)c1. The average Bonchev–Trinajstić information content (AvgIpc) is 3.86.